The van der Waals surface area contributed by atoms with Crippen LogP contribution in [0.4, 0.5) is 0 Å². The molecule has 1 unspecified atom stereocenters. The largest absolute Gasteiger partial charge is 0.481 e. The smallest absolute Gasteiger partial charge is 0.307 e. The minimum atomic E-state index is -3.78. The molecule has 1 radical (unpaired) electrons. The number of carboxylic acid groups (broad SMARTS) is 1. The molecule has 0 aromatic heterocycles. The van der Waals surface area contributed by atoms with Crippen molar-refractivity contribution in [2.75, 3.05) is 13.1 Å². The summed E-state index contributed by atoms with van der Waals surface area (Å²) in [6.07, 6.45) is 8.01. The van der Waals surface area contributed by atoms with Crippen molar-refractivity contribution in [3.63, 3.8) is 0 Å². The monoisotopic (exact) mass is 326 g/mol. The Balaban J connectivity index is 2.32. The first-order valence-electron chi connectivity index (χ1n) is 6.31. The zero-order valence-corrected chi connectivity index (χ0v) is 12.6. The lowest BCUT2D eigenvalue weighted by atomic mass is 10.0. The number of halogens is 1. The van der Waals surface area contributed by atoms with Gasteiger partial charge in [-0.05, 0) is 37.5 Å². The normalized spacial score (nSPS) is 19.9. The maximum atomic E-state index is 12.5. The van der Waals surface area contributed by atoms with Gasteiger partial charge in [0.25, 0.3) is 0 Å². The molecule has 21 heavy (non-hydrogen) atoms. The lowest BCUT2D eigenvalue weighted by Gasteiger charge is -2.29. The molecular formula is C14H13ClNO4S. The van der Waals surface area contributed by atoms with E-state index in [1.165, 1.54) is 22.5 Å². The van der Waals surface area contributed by atoms with Crippen LogP contribution in [-0.2, 0) is 14.8 Å². The molecule has 1 aromatic carbocycles. The Labute approximate surface area is 128 Å². The van der Waals surface area contributed by atoms with Crippen molar-refractivity contribution < 1.29 is 18.3 Å². The van der Waals surface area contributed by atoms with E-state index in [1.54, 1.807) is 0 Å². The van der Waals surface area contributed by atoms with Crippen molar-refractivity contribution in [3.05, 3.63) is 35.2 Å². The van der Waals surface area contributed by atoms with E-state index < -0.39 is 21.9 Å². The van der Waals surface area contributed by atoms with Gasteiger partial charge in [-0.25, -0.2) is 8.42 Å². The second-order valence-electron chi connectivity index (χ2n) is 4.81. The van der Waals surface area contributed by atoms with Crippen molar-refractivity contribution >= 4 is 27.6 Å². The van der Waals surface area contributed by atoms with Gasteiger partial charge in [0.15, 0.2) is 0 Å². The third kappa shape index (κ3) is 3.21. The highest BCUT2D eigenvalue weighted by atomic mass is 35.5. The van der Waals surface area contributed by atoms with Crippen molar-refractivity contribution in [2.45, 2.75) is 17.7 Å². The Kier molecular flexibility index (Phi) is 4.57. The van der Waals surface area contributed by atoms with Gasteiger partial charge in [-0.15, -0.1) is 0 Å². The fourth-order valence-corrected chi connectivity index (χ4v) is 4.11. The summed E-state index contributed by atoms with van der Waals surface area (Å²) in [5.41, 5.74) is 0.303. The number of carboxylic acids is 1. The van der Waals surface area contributed by atoms with E-state index in [9.17, 15) is 13.2 Å². The minimum absolute atomic E-state index is 0.00228. The Morgan fingerprint density at radius 2 is 2.19 bits per heavy atom. The van der Waals surface area contributed by atoms with Crippen LogP contribution in [0.1, 0.15) is 18.4 Å². The average molecular weight is 327 g/mol. The van der Waals surface area contributed by atoms with Crippen LogP contribution < -0.4 is 0 Å². The van der Waals surface area contributed by atoms with Gasteiger partial charge < -0.3 is 5.11 Å². The highest BCUT2D eigenvalue weighted by Gasteiger charge is 2.33. The van der Waals surface area contributed by atoms with Gasteiger partial charge in [-0.3, -0.25) is 4.79 Å². The summed E-state index contributed by atoms with van der Waals surface area (Å²) in [7, 11) is -3.78. The number of aliphatic carboxylic acids is 1. The van der Waals surface area contributed by atoms with Crippen LogP contribution in [0, 0.1) is 18.3 Å². The van der Waals surface area contributed by atoms with Crippen LogP contribution in [0.5, 0.6) is 0 Å². The standard InChI is InChI=1S/C14H13ClNO4S/c1-2-10-5-6-12(8-13(10)15)21(19,20)16-7-3-4-11(9-16)14(17)18/h5-6,8,11H,3-4,7,9H2,(H,17,18). The zero-order valence-electron chi connectivity index (χ0n) is 11.0. The fraction of sp³-hybridized carbons (Fsp3) is 0.357. The number of rotatable bonds is 3. The summed E-state index contributed by atoms with van der Waals surface area (Å²) in [6.45, 7) is 0.260. The zero-order chi connectivity index (χ0) is 15.6. The molecule has 0 amide bonds. The number of nitrogens with zero attached hydrogens (tertiary/aromatic N) is 1. The van der Waals surface area contributed by atoms with E-state index in [0.29, 0.717) is 24.9 Å². The molecule has 2 rings (SSSR count). The lowest BCUT2D eigenvalue weighted by molar-refractivity contribution is -0.142. The third-order valence-corrected chi connectivity index (χ3v) is 5.62. The van der Waals surface area contributed by atoms with Gasteiger partial charge in [0.2, 0.25) is 10.0 Å². The molecule has 1 heterocycles. The molecule has 1 atom stereocenters. The van der Waals surface area contributed by atoms with Gasteiger partial charge in [0.05, 0.1) is 15.8 Å². The topological polar surface area (TPSA) is 74.7 Å². The Morgan fingerprint density at radius 1 is 1.48 bits per heavy atom. The maximum Gasteiger partial charge on any atom is 0.307 e. The predicted molar refractivity (Wildman–Crippen MR) is 76.8 cm³/mol. The molecule has 1 saturated heterocycles. The van der Waals surface area contributed by atoms with E-state index in [2.05, 4.69) is 5.92 Å². The fourth-order valence-electron chi connectivity index (χ4n) is 2.27. The molecule has 1 aliphatic rings. The average Bonchev–Trinajstić information content (AvgIpc) is 2.47. The highest BCUT2D eigenvalue weighted by Crippen LogP contribution is 2.26. The van der Waals surface area contributed by atoms with E-state index in [0.717, 1.165) is 0 Å². The number of sulfonamides is 1. The molecule has 0 spiro atoms. The number of hydrogen-bond donors (Lipinski definition) is 1. The quantitative estimate of drug-likeness (QED) is 0.859. The molecule has 0 bridgehead atoms. The Morgan fingerprint density at radius 3 is 2.76 bits per heavy atom. The van der Waals surface area contributed by atoms with Gasteiger partial charge >= 0.3 is 5.97 Å². The Bertz CT molecular complexity index is 708. The van der Waals surface area contributed by atoms with Crippen LogP contribution in [0.2, 0.25) is 5.02 Å². The molecule has 1 aliphatic heterocycles. The van der Waals surface area contributed by atoms with Crippen LogP contribution in [-0.4, -0.2) is 36.9 Å². The Hall–Kier alpha value is -1.55. The molecule has 111 valence electrons. The third-order valence-electron chi connectivity index (χ3n) is 3.45. The summed E-state index contributed by atoms with van der Waals surface area (Å²) in [4.78, 5) is 11.0. The highest BCUT2D eigenvalue weighted by molar-refractivity contribution is 7.89. The van der Waals surface area contributed by atoms with E-state index in [1.807, 2.05) is 0 Å². The van der Waals surface area contributed by atoms with Crippen LogP contribution in [0.3, 0.4) is 0 Å². The van der Waals surface area contributed by atoms with E-state index >= 15 is 0 Å². The van der Waals surface area contributed by atoms with E-state index in [4.69, 9.17) is 23.1 Å². The van der Waals surface area contributed by atoms with Crippen molar-refractivity contribution in [1.29, 1.82) is 0 Å². The van der Waals surface area contributed by atoms with E-state index in [-0.39, 0.29) is 16.5 Å². The summed E-state index contributed by atoms with van der Waals surface area (Å²) >= 11 is 5.89. The van der Waals surface area contributed by atoms with Crippen molar-refractivity contribution in [3.8, 4) is 5.92 Å². The van der Waals surface area contributed by atoms with Gasteiger partial charge in [0.1, 0.15) is 0 Å². The predicted octanol–water partition coefficient (Wildman–Crippen LogP) is 1.76. The van der Waals surface area contributed by atoms with Gasteiger partial charge in [0, 0.05) is 18.7 Å². The first-order chi connectivity index (χ1) is 9.86. The lowest BCUT2D eigenvalue weighted by Crippen LogP contribution is -2.42. The molecule has 1 aromatic rings. The molecule has 0 saturated carbocycles. The maximum absolute atomic E-state index is 12.5. The molecule has 1 fully saturated rings. The minimum Gasteiger partial charge on any atom is -0.481 e. The molecule has 7 heteroatoms. The second-order valence-corrected chi connectivity index (χ2v) is 7.15. The van der Waals surface area contributed by atoms with Crippen LogP contribution in [0.15, 0.2) is 23.1 Å². The SMILES string of the molecule is [C]#Cc1ccc(S(=O)(=O)N2CCCC(C(=O)O)C2)cc1Cl. The first kappa shape index (κ1) is 15.8. The number of hydrogen-bond acceptors (Lipinski definition) is 3. The first-order valence-corrected chi connectivity index (χ1v) is 8.13. The molecule has 1 N–H and O–H groups in total. The summed E-state index contributed by atoms with van der Waals surface area (Å²) in [5.74, 6) is 0.441. The van der Waals surface area contributed by atoms with Crippen molar-refractivity contribution in [1.82, 2.24) is 4.31 Å². The molecular weight excluding hydrogens is 314 g/mol. The number of carbonyl (C=O) groups is 1. The molecule has 5 nitrogen and oxygen atoms in total. The van der Waals surface area contributed by atoms with Crippen LogP contribution >= 0.6 is 11.6 Å². The van der Waals surface area contributed by atoms with Gasteiger partial charge in [-0.2, -0.15) is 4.31 Å². The molecule has 0 aliphatic carbocycles. The number of benzene rings is 1. The summed E-state index contributed by atoms with van der Waals surface area (Å²) < 4.78 is 26.2. The second kappa shape index (κ2) is 6.06. The summed E-state index contributed by atoms with van der Waals surface area (Å²) in [5, 5.41) is 9.16. The summed E-state index contributed by atoms with van der Waals surface area (Å²) in [6, 6.07) is 4.02. The van der Waals surface area contributed by atoms with Crippen molar-refractivity contribution in [2.24, 2.45) is 5.92 Å². The van der Waals surface area contributed by atoms with Gasteiger partial charge in [-0.1, -0.05) is 17.5 Å². The van der Waals surface area contributed by atoms with Crippen LogP contribution in [0.25, 0.3) is 0 Å². The number of piperidine rings is 1.